The van der Waals surface area contributed by atoms with Crippen LogP contribution in [0, 0.1) is 0 Å². The summed E-state index contributed by atoms with van der Waals surface area (Å²) in [6.07, 6.45) is 10.7. The summed E-state index contributed by atoms with van der Waals surface area (Å²) in [5, 5.41) is 16.1. The van der Waals surface area contributed by atoms with Gasteiger partial charge < -0.3 is 16.0 Å². The van der Waals surface area contributed by atoms with Gasteiger partial charge in [-0.25, -0.2) is 31.8 Å². The van der Waals surface area contributed by atoms with Gasteiger partial charge in [0.05, 0.1) is 57.8 Å². The average Bonchev–Trinajstić information content (AvgIpc) is 3.87. The number of carbonyl (C=O) groups is 1. The van der Waals surface area contributed by atoms with Crippen molar-refractivity contribution in [1.82, 2.24) is 33.3 Å². The predicted octanol–water partition coefficient (Wildman–Crippen LogP) is 2.43. The minimum absolute atomic E-state index is 0.0210. The van der Waals surface area contributed by atoms with Gasteiger partial charge in [-0.2, -0.15) is 18.4 Å². The number of nitrogens with zero attached hydrogens (tertiary/aromatic N) is 7. The molecule has 0 radical (unpaired) electrons. The predicted molar refractivity (Wildman–Crippen MR) is 154 cm³/mol. The smallest absolute Gasteiger partial charge is 0.259 e. The van der Waals surface area contributed by atoms with Crippen LogP contribution in [-0.2, 0) is 20.0 Å². The molecule has 4 aromatic rings. The van der Waals surface area contributed by atoms with Gasteiger partial charge >= 0.3 is 0 Å². The van der Waals surface area contributed by atoms with Crippen LogP contribution in [0.2, 0.25) is 0 Å². The lowest BCUT2D eigenvalue weighted by atomic mass is 10.2. The molecule has 0 atom stereocenters. The second-order valence-corrected chi connectivity index (χ2v) is 14.6. The molecule has 15 nitrogen and oxygen atoms in total. The molecule has 2 aliphatic rings. The highest BCUT2D eigenvalue weighted by atomic mass is 32.2. The second-order valence-electron chi connectivity index (χ2n) is 10.5. The van der Waals surface area contributed by atoms with E-state index in [1.54, 1.807) is 12.1 Å². The summed E-state index contributed by atoms with van der Waals surface area (Å²) < 4.78 is 51.7. The first-order chi connectivity index (χ1) is 20.0. The molecule has 1 amide bonds. The van der Waals surface area contributed by atoms with E-state index in [1.165, 1.54) is 37.2 Å². The number of rotatable bonds is 11. The van der Waals surface area contributed by atoms with Crippen LogP contribution < -0.4 is 16.0 Å². The number of anilines is 4. The first kappa shape index (κ1) is 27.8. The van der Waals surface area contributed by atoms with Crippen molar-refractivity contribution in [2.24, 2.45) is 0 Å². The van der Waals surface area contributed by atoms with Crippen LogP contribution in [0.3, 0.4) is 0 Å². The van der Waals surface area contributed by atoms with E-state index < -0.39 is 36.5 Å². The molecular formula is C25H28N10O5S2. The van der Waals surface area contributed by atoms with Crippen molar-refractivity contribution >= 4 is 49.0 Å². The zero-order valence-corrected chi connectivity index (χ0v) is 24.3. The molecule has 0 unspecified atom stereocenters. The Morgan fingerprint density at radius 3 is 2.24 bits per heavy atom. The number of amides is 1. The van der Waals surface area contributed by atoms with Crippen LogP contribution in [0.15, 0.2) is 49.3 Å². The Morgan fingerprint density at radius 1 is 0.905 bits per heavy atom. The van der Waals surface area contributed by atoms with Crippen LogP contribution in [0.25, 0.3) is 11.4 Å². The monoisotopic (exact) mass is 612 g/mol. The number of aromatic nitrogens is 7. The molecule has 0 bridgehead atoms. The number of hydrogen-bond acceptors (Lipinski definition) is 12. The highest BCUT2D eigenvalue weighted by molar-refractivity contribution is 7.91. The Kier molecular flexibility index (Phi) is 6.92. The molecule has 0 aromatic carbocycles. The van der Waals surface area contributed by atoms with E-state index in [0.717, 1.165) is 8.17 Å². The third-order valence-electron chi connectivity index (χ3n) is 6.55. The largest absolute Gasteiger partial charge is 0.382 e. The lowest BCUT2D eigenvalue weighted by Gasteiger charge is -2.16. The molecule has 17 heteroatoms. The van der Waals surface area contributed by atoms with E-state index in [9.17, 15) is 21.6 Å². The van der Waals surface area contributed by atoms with Crippen molar-refractivity contribution in [2.45, 2.75) is 56.1 Å². The number of hydrogen-bond donors (Lipinski definition) is 3. The molecule has 3 N–H and O–H groups in total. The summed E-state index contributed by atoms with van der Waals surface area (Å²) in [6, 6.07) is 3.25. The summed E-state index contributed by atoms with van der Waals surface area (Å²) in [4.78, 5) is 26.2. The SMILES string of the molecule is CC(C)Nc1cc(Nc2ccnc(-c3cnn(S(=O)(=O)C4CC4)c3)n2)ncc1C(=O)Nc1cnn(S(=O)(=O)C2CC2)c1. The molecule has 220 valence electrons. The average molecular weight is 613 g/mol. The lowest BCUT2D eigenvalue weighted by Crippen LogP contribution is -2.19. The maximum absolute atomic E-state index is 13.1. The Labute approximate surface area is 241 Å². The van der Waals surface area contributed by atoms with Gasteiger partial charge in [-0.1, -0.05) is 0 Å². The second kappa shape index (κ2) is 10.5. The van der Waals surface area contributed by atoms with Crippen molar-refractivity contribution in [3.8, 4) is 11.4 Å². The standard InChI is InChI=1S/C25H28N10O5S2/c1-15(2)30-21-9-23(27-12-20(21)25(36)31-17-11-29-35(14-17)42(39,40)19-5-6-19)32-22-7-8-26-24(33-22)16-10-28-34(13-16)41(37,38)18-3-4-18/h7-15,18-19H,3-6H2,1-2H3,(H,31,36)(H2,26,27,30,32,33). The van der Waals surface area contributed by atoms with E-state index in [4.69, 9.17) is 0 Å². The Morgan fingerprint density at radius 2 is 1.57 bits per heavy atom. The van der Waals surface area contributed by atoms with Crippen molar-refractivity contribution in [3.05, 3.63) is 54.9 Å². The van der Waals surface area contributed by atoms with Crippen LogP contribution in [-0.4, -0.2) is 72.6 Å². The van der Waals surface area contributed by atoms with E-state index in [-0.39, 0.29) is 23.1 Å². The van der Waals surface area contributed by atoms with Crippen molar-refractivity contribution < 1.29 is 21.6 Å². The number of pyridine rings is 1. The van der Waals surface area contributed by atoms with Gasteiger partial charge in [0.15, 0.2) is 5.82 Å². The maximum Gasteiger partial charge on any atom is 0.259 e. The maximum atomic E-state index is 13.1. The Balaban J connectivity index is 1.20. The Bertz CT molecular complexity index is 1880. The third-order valence-corrected chi connectivity index (χ3v) is 10.6. The normalized spacial score (nSPS) is 15.5. The highest BCUT2D eigenvalue weighted by Gasteiger charge is 2.38. The van der Waals surface area contributed by atoms with Gasteiger partial charge in [-0.05, 0) is 45.6 Å². The van der Waals surface area contributed by atoms with Crippen LogP contribution in [0.1, 0.15) is 49.9 Å². The van der Waals surface area contributed by atoms with E-state index >= 15 is 0 Å². The fourth-order valence-corrected chi connectivity index (χ4v) is 7.09. The summed E-state index contributed by atoms with van der Waals surface area (Å²) in [7, 11) is -7.06. The molecule has 0 aliphatic heterocycles. The summed E-state index contributed by atoms with van der Waals surface area (Å²) in [6.45, 7) is 3.84. The minimum Gasteiger partial charge on any atom is -0.382 e. The fraction of sp³-hybridized carbons (Fsp3) is 0.360. The summed E-state index contributed by atoms with van der Waals surface area (Å²) in [5.74, 6) is 0.554. The topological polar surface area (TPSA) is 196 Å². The molecule has 2 aliphatic carbocycles. The van der Waals surface area contributed by atoms with Crippen molar-refractivity contribution in [3.63, 3.8) is 0 Å². The van der Waals surface area contributed by atoms with Crippen LogP contribution in [0.4, 0.5) is 23.0 Å². The number of nitrogens with one attached hydrogen (secondary N) is 3. The van der Waals surface area contributed by atoms with Crippen LogP contribution >= 0.6 is 0 Å². The van der Waals surface area contributed by atoms with E-state index in [2.05, 4.69) is 41.1 Å². The van der Waals surface area contributed by atoms with Gasteiger partial charge in [-0.3, -0.25) is 4.79 Å². The summed E-state index contributed by atoms with van der Waals surface area (Å²) in [5.41, 5.74) is 1.40. The molecule has 42 heavy (non-hydrogen) atoms. The molecule has 0 spiro atoms. The highest BCUT2D eigenvalue weighted by Crippen LogP contribution is 2.31. The first-order valence-corrected chi connectivity index (χ1v) is 16.3. The van der Waals surface area contributed by atoms with E-state index in [1.807, 2.05) is 13.8 Å². The molecule has 6 rings (SSSR count). The molecule has 2 fully saturated rings. The molecule has 0 saturated heterocycles. The van der Waals surface area contributed by atoms with Gasteiger partial charge in [0.1, 0.15) is 11.6 Å². The molecular weight excluding hydrogens is 584 g/mol. The van der Waals surface area contributed by atoms with E-state index in [0.29, 0.717) is 48.6 Å². The third kappa shape index (κ3) is 5.69. The zero-order chi connectivity index (χ0) is 29.6. The minimum atomic E-state index is -3.55. The van der Waals surface area contributed by atoms with Gasteiger partial charge in [0.2, 0.25) is 0 Å². The van der Waals surface area contributed by atoms with Gasteiger partial charge in [0, 0.05) is 24.5 Å². The lowest BCUT2D eigenvalue weighted by molar-refractivity contribution is 0.102. The van der Waals surface area contributed by atoms with Crippen LogP contribution in [0.5, 0.6) is 0 Å². The Hall–Kier alpha value is -4.38. The van der Waals surface area contributed by atoms with Crippen molar-refractivity contribution in [2.75, 3.05) is 16.0 Å². The number of carbonyl (C=O) groups excluding carboxylic acids is 1. The fourth-order valence-electron chi connectivity index (χ4n) is 4.14. The van der Waals surface area contributed by atoms with Gasteiger partial charge in [-0.15, -0.1) is 0 Å². The molecule has 2 saturated carbocycles. The first-order valence-electron chi connectivity index (χ1n) is 13.3. The molecule has 4 aromatic heterocycles. The quantitative estimate of drug-likeness (QED) is 0.224. The zero-order valence-electron chi connectivity index (χ0n) is 22.7. The molecule has 4 heterocycles. The van der Waals surface area contributed by atoms with Gasteiger partial charge in [0.25, 0.3) is 26.0 Å². The summed E-state index contributed by atoms with van der Waals surface area (Å²) >= 11 is 0. The van der Waals surface area contributed by atoms with Crippen molar-refractivity contribution in [1.29, 1.82) is 0 Å².